The van der Waals surface area contributed by atoms with Crippen LogP contribution in [-0.2, 0) is 13.0 Å². The van der Waals surface area contributed by atoms with E-state index in [1.807, 2.05) is 18.2 Å². The number of nitrogens with zero attached hydrogens (tertiary/aromatic N) is 3. The summed E-state index contributed by atoms with van der Waals surface area (Å²) >= 11 is 0. The third-order valence-electron chi connectivity index (χ3n) is 3.72. The molecule has 3 aromatic rings. The number of para-hydroxylation sites is 2. The van der Waals surface area contributed by atoms with E-state index in [1.165, 1.54) is 5.52 Å². The number of fused-ring (bicyclic) bond motifs is 1. The van der Waals surface area contributed by atoms with Crippen molar-refractivity contribution in [2.75, 3.05) is 0 Å². The van der Waals surface area contributed by atoms with Gasteiger partial charge >= 0.3 is 0 Å². The van der Waals surface area contributed by atoms with E-state index in [2.05, 4.69) is 34.7 Å². The fourth-order valence-corrected chi connectivity index (χ4v) is 2.68. The summed E-state index contributed by atoms with van der Waals surface area (Å²) in [6.45, 7) is 3.15. The van der Waals surface area contributed by atoms with Crippen molar-refractivity contribution in [2.24, 2.45) is 5.73 Å². The van der Waals surface area contributed by atoms with E-state index in [4.69, 9.17) is 10.7 Å². The highest BCUT2D eigenvalue weighted by Gasteiger charge is 2.14. The standard InChI is InChI=1S/C17H20N4/c1-2-11-21-16-6-4-3-5-15(16)20-17(21)12-14(18)13-7-9-19-10-8-13/h3-10,14H,2,11-12,18H2,1H3. The van der Waals surface area contributed by atoms with Crippen LogP contribution in [0.3, 0.4) is 0 Å². The van der Waals surface area contributed by atoms with Crippen molar-refractivity contribution in [3.8, 4) is 0 Å². The van der Waals surface area contributed by atoms with E-state index in [-0.39, 0.29) is 6.04 Å². The van der Waals surface area contributed by atoms with Crippen molar-refractivity contribution in [1.82, 2.24) is 14.5 Å². The van der Waals surface area contributed by atoms with Crippen LogP contribution >= 0.6 is 0 Å². The molecule has 2 aromatic heterocycles. The summed E-state index contributed by atoms with van der Waals surface area (Å²) in [6, 6.07) is 12.2. The Morgan fingerprint density at radius 2 is 1.90 bits per heavy atom. The fourth-order valence-electron chi connectivity index (χ4n) is 2.68. The maximum absolute atomic E-state index is 6.33. The molecule has 2 heterocycles. The molecule has 2 N–H and O–H groups in total. The van der Waals surface area contributed by atoms with Gasteiger partial charge in [-0.2, -0.15) is 0 Å². The summed E-state index contributed by atoms with van der Waals surface area (Å²) in [5.74, 6) is 1.06. The topological polar surface area (TPSA) is 56.7 Å². The molecular weight excluding hydrogens is 260 g/mol. The van der Waals surface area contributed by atoms with Gasteiger partial charge in [0, 0.05) is 31.4 Å². The van der Waals surface area contributed by atoms with Crippen LogP contribution < -0.4 is 5.73 Å². The molecule has 0 amide bonds. The molecule has 0 aliphatic heterocycles. The maximum Gasteiger partial charge on any atom is 0.111 e. The summed E-state index contributed by atoms with van der Waals surface area (Å²) in [5.41, 5.74) is 9.67. The van der Waals surface area contributed by atoms with Crippen LogP contribution in [0.5, 0.6) is 0 Å². The van der Waals surface area contributed by atoms with Gasteiger partial charge in [0.25, 0.3) is 0 Å². The largest absolute Gasteiger partial charge is 0.328 e. The van der Waals surface area contributed by atoms with Crippen molar-refractivity contribution in [3.05, 3.63) is 60.2 Å². The molecule has 1 aromatic carbocycles. The predicted octanol–water partition coefficient (Wildman–Crippen LogP) is 3.08. The minimum absolute atomic E-state index is 0.0552. The van der Waals surface area contributed by atoms with Crippen LogP contribution in [0.2, 0.25) is 0 Å². The second-order valence-corrected chi connectivity index (χ2v) is 5.26. The number of hydrogen-bond acceptors (Lipinski definition) is 3. The van der Waals surface area contributed by atoms with Gasteiger partial charge in [0.1, 0.15) is 5.82 Å². The minimum atomic E-state index is -0.0552. The molecule has 0 aliphatic carbocycles. The van der Waals surface area contributed by atoms with Crippen molar-refractivity contribution in [2.45, 2.75) is 32.4 Å². The Labute approximate surface area is 124 Å². The molecule has 0 spiro atoms. The molecule has 4 heteroatoms. The lowest BCUT2D eigenvalue weighted by Crippen LogP contribution is -2.16. The third-order valence-corrected chi connectivity index (χ3v) is 3.72. The van der Waals surface area contributed by atoms with Crippen molar-refractivity contribution >= 4 is 11.0 Å². The van der Waals surface area contributed by atoms with E-state index < -0.39 is 0 Å². The predicted molar refractivity (Wildman–Crippen MR) is 84.9 cm³/mol. The zero-order valence-electron chi connectivity index (χ0n) is 12.2. The SMILES string of the molecule is CCCn1c(CC(N)c2ccncc2)nc2ccccc21. The molecule has 0 aliphatic rings. The monoisotopic (exact) mass is 280 g/mol. The summed E-state index contributed by atoms with van der Waals surface area (Å²) in [4.78, 5) is 8.80. The smallest absolute Gasteiger partial charge is 0.111 e. The summed E-state index contributed by atoms with van der Waals surface area (Å²) in [5, 5.41) is 0. The maximum atomic E-state index is 6.33. The summed E-state index contributed by atoms with van der Waals surface area (Å²) in [7, 11) is 0. The summed E-state index contributed by atoms with van der Waals surface area (Å²) in [6.07, 6.45) is 5.38. The first-order valence-corrected chi connectivity index (χ1v) is 7.39. The van der Waals surface area contributed by atoms with E-state index in [0.29, 0.717) is 0 Å². The Kier molecular flexibility index (Phi) is 3.97. The van der Waals surface area contributed by atoms with Gasteiger partial charge in [-0.3, -0.25) is 4.98 Å². The lowest BCUT2D eigenvalue weighted by atomic mass is 10.1. The molecule has 1 unspecified atom stereocenters. The Morgan fingerprint density at radius 3 is 2.67 bits per heavy atom. The Hall–Kier alpha value is -2.20. The first kappa shape index (κ1) is 13.8. The number of pyridine rings is 1. The lowest BCUT2D eigenvalue weighted by Gasteiger charge is -2.13. The highest BCUT2D eigenvalue weighted by molar-refractivity contribution is 5.75. The van der Waals surface area contributed by atoms with Gasteiger partial charge in [-0.1, -0.05) is 19.1 Å². The minimum Gasteiger partial charge on any atom is -0.328 e. The number of nitrogens with two attached hydrogens (primary N) is 1. The Bertz CT molecular complexity index is 718. The van der Waals surface area contributed by atoms with Crippen molar-refractivity contribution in [1.29, 1.82) is 0 Å². The summed E-state index contributed by atoms with van der Waals surface area (Å²) < 4.78 is 2.29. The number of aromatic nitrogens is 3. The van der Waals surface area contributed by atoms with E-state index in [1.54, 1.807) is 12.4 Å². The van der Waals surface area contributed by atoms with Gasteiger partial charge in [0.2, 0.25) is 0 Å². The molecule has 0 saturated heterocycles. The highest BCUT2D eigenvalue weighted by Crippen LogP contribution is 2.21. The molecule has 0 radical (unpaired) electrons. The average molecular weight is 280 g/mol. The van der Waals surface area contributed by atoms with Crippen LogP contribution in [0.25, 0.3) is 11.0 Å². The zero-order chi connectivity index (χ0) is 14.7. The third kappa shape index (κ3) is 2.81. The number of aryl methyl sites for hydroxylation is 1. The number of imidazole rings is 1. The lowest BCUT2D eigenvalue weighted by molar-refractivity contribution is 0.609. The Balaban J connectivity index is 1.94. The van der Waals surface area contributed by atoms with Gasteiger partial charge in [-0.05, 0) is 36.2 Å². The van der Waals surface area contributed by atoms with Crippen LogP contribution in [-0.4, -0.2) is 14.5 Å². The number of benzene rings is 1. The van der Waals surface area contributed by atoms with Crippen LogP contribution in [0.4, 0.5) is 0 Å². The number of rotatable bonds is 5. The molecule has 0 bridgehead atoms. The second-order valence-electron chi connectivity index (χ2n) is 5.26. The van der Waals surface area contributed by atoms with Gasteiger partial charge in [-0.15, -0.1) is 0 Å². The first-order chi connectivity index (χ1) is 10.3. The Morgan fingerprint density at radius 1 is 1.14 bits per heavy atom. The van der Waals surface area contributed by atoms with E-state index in [0.717, 1.165) is 36.3 Å². The van der Waals surface area contributed by atoms with Crippen molar-refractivity contribution < 1.29 is 0 Å². The molecule has 108 valence electrons. The second kappa shape index (κ2) is 6.06. The fraction of sp³-hybridized carbons (Fsp3) is 0.294. The van der Waals surface area contributed by atoms with Crippen LogP contribution in [0, 0.1) is 0 Å². The molecule has 4 nitrogen and oxygen atoms in total. The van der Waals surface area contributed by atoms with Crippen LogP contribution in [0.1, 0.15) is 30.8 Å². The normalized spacial score (nSPS) is 12.7. The first-order valence-electron chi connectivity index (χ1n) is 7.39. The molecule has 1 atom stereocenters. The van der Waals surface area contributed by atoms with E-state index >= 15 is 0 Å². The highest BCUT2D eigenvalue weighted by atomic mass is 15.1. The van der Waals surface area contributed by atoms with Crippen molar-refractivity contribution in [3.63, 3.8) is 0 Å². The number of hydrogen-bond donors (Lipinski definition) is 1. The molecule has 0 fully saturated rings. The van der Waals surface area contributed by atoms with E-state index in [9.17, 15) is 0 Å². The quantitative estimate of drug-likeness (QED) is 0.781. The van der Waals surface area contributed by atoms with Gasteiger partial charge in [-0.25, -0.2) is 4.98 Å². The zero-order valence-corrected chi connectivity index (χ0v) is 12.2. The van der Waals surface area contributed by atoms with Gasteiger partial charge in [0.05, 0.1) is 11.0 Å². The van der Waals surface area contributed by atoms with Crippen LogP contribution in [0.15, 0.2) is 48.8 Å². The molecule has 0 saturated carbocycles. The van der Waals surface area contributed by atoms with Gasteiger partial charge < -0.3 is 10.3 Å². The van der Waals surface area contributed by atoms with Gasteiger partial charge in [0.15, 0.2) is 0 Å². The molecule has 3 rings (SSSR count). The molecule has 21 heavy (non-hydrogen) atoms. The average Bonchev–Trinajstić information content (AvgIpc) is 2.86. The molecular formula is C17H20N4.